The minimum absolute atomic E-state index is 0.149. The fourth-order valence-electron chi connectivity index (χ4n) is 2.12. The minimum atomic E-state index is -0.470. The Morgan fingerprint density at radius 3 is 2.86 bits per heavy atom. The number of nitrogens with one attached hydrogen (secondary N) is 1. The summed E-state index contributed by atoms with van der Waals surface area (Å²) in [5, 5.41) is 2.52. The van der Waals surface area contributed by atoms with E-state index in [1.807, 2.05) is 11.8 Å². The van der Waals surface area contributed by atoms with Gasteiger partial charge in [-0.05, 0) is 30.4 Å². The second kappa shape index (κ2) is 6.79. The largest absolute Gasteiger partial charge is 0.473 e. The van der Waals surface area contributed by atoms with Gasteiger partial charge in [0.15, 0.2) is 0 Å². The normalized spacial score (nSPS) is 17.2. The quantitative estimate of drug-likeness (QED) is 0.939. The van der Waals surface area contributed by atoms with Gasteiger partial charge in [0, 0.05) is 18.0 Å². The van der Waals surface area contributed by atoms with Gasteiger partial charge in [0.2, 0.25) is 5.88 Å². The van der Waals surface area contributed by atoms with Crippen molar-refractivity contribution in [1.29, 1.82) is 0 Å². The first-order chi connectivity index (χ1) is 10.7. The average Bonchev–Trinajstić information content (AvgIpc) is 3.03. The van der Waals surface area contributed by atoms with Gasteiger partial charge in [-0.25, -0.2) is 9.37 Å². The first kappa shape index (κ1) is 14.8. The lowest BCUT2D eigenvalue weighted by molar-refractivity contribution is 0.102. The zero-order chi connectivity index (χ0) is 15.4. The lowest BCUT2D eigenvalue weighted by atomic mass is 10.2. The molecule has 3 rings (SSSR count). The lowest BCUT2D eigenvalue weighted by Gasteiger charge is -2.11. The van der Waals surface area contributed by atoms with Gasteiger partial charge < -0.3 is 10.1 Å². The first-order valence-electron chi connectivity index (χ1n) is 6.99. The molecule has 2 aromatic rings. The molecule has 1 amide bonds. The summed E-state index contributed by atoms with van der Waals surface area (Å²) in [5.41, 5.74) is 0.507. The Morgan fingerprint density at radius 1 is 1.32 bits per heavy atom. The number of rotatable bonds is 4. The van der Waals surface area contributed by atoms with Gasteiger partial charge in [0.1, 0.15) is 11.9 Å². The zero-order valence-electron chi connectivity index (χ0n) is 11.8. The van der Waals surface area contributed by atoms with Crippen LogP contribution >= 0.6 is 11.8 Å². The standard InChI is InChI=1S/C16H15FN2O2S/c17-13-3-1-2-4-14(13)19-16(20)11-5-6-15(18-9-11)21-12-7-8-22-10-12/h1-6,9,12H,7-8,10H2,(H,19,20). The molecule has 1 aliphatic rings. The fraction of sp³-hybridized carbons (Fsp3) is 0.250. The Bertz CT molecular complexity index is 657. The van der Waals surface area contributed by atoms with Crippen LogP contribution in [-0.4, -0.2) is 28.5 Å². The van der Waals surface area contributed by atoms with E-state index in [0.717, 1.165) is 17.9 Å². The number of hydrogen-bond acceptors (Lipinski definition) is 4. The second-order valence-electron chi connectivity index (χ2n) is 4.92. The summed E-state index contributed by atoms with van der Waals surface area (Å²) < 4.78 is 19.2. The van der Waals surface area contributed by atoms with E-state index in [9.17, 15) is 9.18 Å². The van der Waals surface area contributed by atoms with Gasteiger partial charge in [-0.2, -0.15) is 11.8 Å². The van der Waals surface area contributed by atoms with Gasteiger partial charge in [-0.1, -0.05) is 12.1 Å². The number of nitrogens with zero attached hydrogens (tertiary/aromatic N) is 1. The maximum absolute atomic E-state index is 13.5. The number of hydrogen-bond donors (Lipinski definition) is 1. The van der Waals surface area contributed by atoms with Crippen LogP contribution in [-0.2, 0) is 0 Å². The number of benzene rings is 1. The number of carbonyl (C=O) groups is 1. The molecule has 1 aromatic heterocycles. The molecule has 4 nitrogen and oxygen atoms in total. The van der Waals surface area contributed by atoms with Crippen molar-refractivity contribution in [2.24, 2.45) is 0 Å². The van der Waals surface area contributed by atoms with Crippen LogP contribution in [0.2, 0.25) is 0 Å². The van der Waals surface area contributed by atoms with Crippen LogP contribution in [0.1, 0.15) is 16.8 Å². The van der Waals surface area contributed by atoms with E-state index in [1.165, 1.54) is 18.3 Å². The first-order valence-corrected chi connectivity index (χ1v) is 8.14. The van der Waals surface area contributed by atoms with Crippen LogP contribution in [0.5, 0.6) is 5.88 Å². The molecule has 1 aromatic carbocycles. The van der Waals surface area contributed by atoms with E-state index in [0.29, 0.717) is 11.4 Å². The van der Waals surface area contributed by atoms with E-state index in [1.54, 1.807) is 24.3 Å². The van der Waals surface area contributed by atoms with E-state index in [2.05, 4.69) is 10.3 Å². The summed E-state index contributed by atoms with van der Waals surface area (Å²) in [6.07, 6.45) is 2.64. The average molecular weight is 318 g/mol. The maximum atomic E-state index is 13.5. The smallest absolute Gasteiger partial charge is 0.257 e. The summed E-state index contributed by atoms with van der Waals surface area (Å²) >= 11 is 1.86. The Balaban J connectivity index is 1.64. The summed E-state index contributed by atoms with van der Waals surface area (Å²) in [5.74, 6) is 1.71. The third-order valence-corrected chi connectivity index (χ3v) is 4.43. The molecular formula is C16H15FN2O2S. The molecule has 0 bridgehead atoms. The molecule has 1 N–H and O–H groups in total. The summed E-state index contributed by atoms with van der Waals surface area (Å²) in [4.78, 5) is 16.2. The fourth-order valence-corrected chi connectivity index (χ4v) is 3.21. The van der Waals surface area contributed by atoms with E-state index in [4.69, 9.17) is 4.74 Å². The van der Waals surface area contributed by atoms with Crippen LogP contribution < -0.4 is 10.1 Å². The second-order valence-corrected chi connectivity index (χ2v) is 6.07. The molecule has 0 aliphatic carbocycles. The predicted octanol–water partition coefficient (Wildman–Crippen LogP) is 3.36. The number of aromatic nitrogens is 1. The third-order valence-electron chi connectivity index (χ3n) is 3.30. The number of anilines is 1. The van der Waals surface area contributed by atoms with Gasteiger partial charge in [-0.3, -0.25) is 4.79 Å². The van der Waals surface area contributed by atoms with Gasteiger partial charge >= 0.3 is 0 Å². The van der Waals surface area contributed by atoms with Crippen LogP contribution in [0.15, 0.2) is 42.6 Å². The molecule has 1 aliphatic heterocycles. The Morgan fingerprint density at radius 2 is 2.18 bits per heavy atom. The molecule has 114 valence electrons. The molecule has 1 unspecified atom stereocenters. The van der Waals surface area contributed by atoms with Crippen molar-refractivity contribution in [2.45, 2.75) is 12.5 Å². The molecule has 1 atom stereocenters. The Labute approximate surface area is 132 Å². The SMILES string of the molecule is O=C(Nc1ccccc1F)c1ccc(OC2CCSC2)nc1. The lowest BCUT2D eigenvalue weighted by Crippen LogP contribution is -2.16. The number of halogens is 1. The summed E-state index contributed by atoms with van der Waals surface area (Å²) in [6, 6.07) is 9.33. The highest BCUT2D eigenvalue weighted by Crippen LogP contribution is 2.22. The number of para-hydroxylation sites is 1. The number of pyridine rings is 1. The molecule has 1 saturated heterocycles. The molecule has 22 heavy (non-hydrogen) atoms. The third kappa shape index (κ3) is 3.57. The van der Waals surface area contributed by atoms with E-state index < -0.39 is 11.7 Å². The predicted molar refractivity (Wildman–Crippen MR) is 84.9 cm³/mol. The molecule has 6 heteroatoms. The Hall–Kier alpha value is -2.08. The van der Waals surface area contributed by atoms with Crippen molar-refractivity contribution < 1.29 is 13.9 Å². The highest BCUT2D eigenvalue weighted by Gasteiger charge is 2.17. The van der Waals surface area contributed by atoms with Crippen molar-refractivity contribution in [1.82, 2.24) is 4.98 Å². The van der Waals surface area contributed by atoms with Crippen molar-refractivity contribution in [3.63, 3.8) is 0 Å². The molecule has 2 heterocycles. The molecule has 0 radical (unpaired) electrons. The van der Waals surface area contributed by atoms with Crippen molar-refractivity contribution >= 4 is 23.4 Å². The number of amides is 1. The van der Waals surface area contributed by atoms with Crippen LogP contribution in [0.3, 0.4) is 0 Å². The minimum Gasteiger partial charge on any atom is -0.473 e. The topological polar surface area (TPSA) is 51.2 Å². The van der Waals surface area contributed by atoms with Crippen LogP contribution in [0, 0.1) is 5.82 Å². The molecule has 0 saturated carbocycles. The van der Waals surface area contributed by atoms with Gasteiger partial charge in [0.25, 0.3) is 5.91 Å². The highest BCUT2D eigenvalue weighted by molar-refractivity contribution is 7.99. The van der Waals surface area contributed by atoms with Gasteiger partial charge in [-0.15, -0.1) is 0 Å². The Kier molecular flexibility index (Phi) is 4.58. The van der Waals surface area contributed by atoms with Crippen molar-refractivity contribution in [3.8, 4) is 5.88 Å². The van der Waals surface area contributed by atoms with Gasteiger partial charge in [0.05, 0.1) is 11.3 Å². The summed E-state index contributed by atoms with van der Waals surface area (Å²) in [7, 11) is 0. The van der Waals surface area contributed by atoms with E-state index >= 15 is 0 Å². The monoisotopic (exact) mass is 318 g/mol. The van der Waals surface area contributed by atoms with Crippen molar-refractivity contribution in [2.75, 3.05) is 16.8 Å². The van der Waals surface area contributed by atoms with Crippen molar-refractivity contribution in [3.05, 3.63) is 54.0 Å². The molecule has 1 fully saturated rings. The molecular weight excluding hydrogens is 303 g/mol. The van der Waals surface area contributed by atoms with Crippen LogP contribution in [0.25, 0.3) is 0 Å². The number of carbonyl (C=O) groups excluding carboxylic acids is 1. The highest BCUT2D eigenvalue weighted by atomic mass is 32.2. The zero-order valence-corrected chi connectivity index (χ0v) is 12.6. The van der Waals surface area contributed by atoms with Crippen LogP contribution in [0.4, 0.5) is 10.1 Å². The van der Waals surface area contributed by atoms with E-state index in [-0.39, 0.29) is 11.8 Å². The maximum Gasteiger partial charge on any atom is 0.257 e. The summed E-state index contributed by atoms with van der Waals surface area (Å²) in [6.45, 7) is 0. The number of thioether (sulfide) groups is 1. The molecule has 0 spiro atoms. The number of ether oxygens (including phenoxy) is 1.